The molecule has 0 fully saturated rings. The molecule has 120 valence electrons. The summed E-state index contributed by atoms with van der Waals surface area (Å²) in [7, 11) is 3.11. The van der Waals surface area contributed by atoms with Crippen LogP contribution in [0, 0.1) is 11.3 Å². The van der Waals surface area contributed by atoms with E-state index in [1.807, 2.05) is 36.4 Å². The van der Waals surface area contributed by atoms with E-state index < -0.39 is 5.54 Å². The van der Waals surface area contributed by atoms with Crippen LogP contribution in [0.3, 0.4) is 0 Å². The summed E-state index contributed by atoms with van der Waals surface area (Å²) in [5.74, 6) is 0.521. The average Bonchev–Trinajstić information content (AvgIpc) is 2.54. The molecule has 5 nitrogen and oxygen atoms in total. The van der Waals surface area contributed by atoms with Gasteiger partial charge in [0, 0.05) is 7.11 Å². The van der Waals surface area contributed by atoms with E-state index in [1.54, 1.807) is 14.0 Å². The first kappa shape index (κ1) is 16.8. The number of ether oxygens (including phenoxy) is 2. The van der Waals surface area contributed by atoms with Crippen molar-refractivity contribution in [3.05, 3.63) is 42.0 Å². The second-order valence-corrected chi connectivity index (χ2v) is 5.61. The Hall–Kier alpha value is -2.58. The summed E-state index contributed by atoms with van der Waals surface area (Å²) in [4.78, 5) is 12.3. The molecule has 0 spiro atoms. The largest absolute Gasteiger partial charge is 0.497 e. The van der Waals surface area contributed by atoms with Crippen LogP contribution in [0.25, 0.3) is 10.8 Å². The second-order valence-electron chi connectivity index (χ2n) is 5.61. The van der Waals surface area contributed by atoms with Gasteiger partial charge in [-0.2, -0.15) is 5.26 Å². The average molecular weight is 312 g/mol. The van der Waals surface area contributed by atoms with Gasteiger partial charge in [-0.05, 0) is 35.4 Å². The molecule has 0 unspecified atom stereocenters. The van der Waals surface area contributed by atoms with Gasteiger partial charge in [0.1, 0.15) is 11.3 Å². The van der Waals surface area contributed by atoms with Gasteiger partial charge in [0.2, 0.25) is 5.91 Å². The zero-order valence-electron chi connectivity index (χ0n) is 13.6. The van der Waals surface area contributed by atoms with E-state index in [0.29, 0.717) is 0 Å². The highest BCUT2D eigenvalue weighted by Gasteiger charge is 2.26. The first-order valence-electron chi connectivity index (χ1n) is 7.28. The number of nitrogens with zero attached hydrogens (tertiary/aromatic N) is 1. The lowest BCUT2D eigenvalue weighted by Crippen LogP contribution is -2.48. The van der Waals surface area contributed by atoms with Gasteiger partial charge in [0.05, 0.1) is 26.2 Å². The molecule has 23 heavy (non-hydrogen) atoms. The Bertz CT molecular complexity index is 752. The molecule has 2 aromatic rings. The quantitative estimate of drug-likeness (QED) is 0.889. The van der Waals surface area contributed by atoms with Crippen LogP contribution in [-0.4, -0.2) is 32.3 Å². The van der Waals surface area contributed by atoms with Gasteiger partial charge in [-0.25, -0.2) is 0 Å². The fourth-order valence-electron chi connectivity index (χ4n) is 2.51. The molecular weight excluding hydrogens is 292 g/mol. The Morgan fingerprint density at radius 2 is 2.09 bits per heavy atom. The number of carbonyl (C=O) groups is 1. The number of hydrogen-bond donors (Lipinski definition) is 1. The molecule has 1 atom stereocenters. The van der Waals surface area contributed by atoms with Crippen molar-refractivity contribution in [2.75, 3.05) is 20.8 Å². The lowest BCUT2D eigenvalue weighted by Gasteiger charge is -2.22. The lowest BCUT2D eigenvalue weighted by atomic mass is 10.0. The van der Waals surface area contributed by atoms with E-state index in [2.05, 4.69) is 11.4 Å². The fourth-order valence-corrected chi connectivity index (χ4v) is 2.51. The molecule has 5 heteroatoms. The van der Waals surface area contributed by atoms with Gasteiger partial charge in [-0.1, -0.05) is 24.3 Å². The first-order valence-corrected chi connectivity index (χ1v) is 7.28. The van der Waals surface area contributed by atoms with Crippen LogP contribution in [0.5, 0.6) is 5.75 Å². The molecule has 0 saturated carbocycles. The maximum absolute atomic E-state index is 12.3. The summed E-state index contributed by atoms with van der Waals surface area (Å²) >= 11 is 0. The van der Waals surface area contributed by atoms with Crippen molar-refractivity contribution in [3.8, 4) is 11.8 Å². The molecule has 2 aromatic carbocycles. The Kier molecular flexibility index (Phi) is 5.20. The molecule has 0 aliphatic rings. The summed E-state index contributed by atoms with van der Waals surface area (Å²) in [6.45, 7) is 1.78. The predicted octanol–water partition coefficient (Wildman–Crippen LogP) is 2.44. The van der Waals surface area contributed by atoms with Crippen LogP contribution in [0.15, 0.2) is 36.4 Å². The zero-order valence-corrected chi connectivity index (χ0v) is 13.6. The van der Waals surface area contributed by atoms with E-state index in [0.717, 1.165) is 22.1 Å². The Balaban J connectivity index is 2.24. The summed E-state index contributed by atoms with van der Waals surface area (Å²) < 4.78 is 10.2. The molecule has 0 heterocycles. The van der Waals surface area contributed by atoms with Crippen LogP contribution < -0.4 is 10.1 Å². The Labute approximate surface area is 135 Å². The van der Waals surface area contributed by atoms with Crippen LogP contribution in [0.1, 0.15) is 12.5 Å². The number of rotatable bonds is 6. The van der Waals surface area contributed by atoms with E-state index in [9.17, 15) is 10.1 Å². The number of nitrogens with one attached hydrogen (secondary N) is 1. The number of hydrogen-bond acceptors (Lipinski definition) is 4. The highest BCUT2D eigenvalue weighted by Crippen LogP contribution is 2.24. The molecular formula is C18H20N2O3. The third-order valence-electron chi connectivity index (χ3n) is 3.63. The number of benzene rings is 2. The van der Waals surface area contributed by atoms with Crippen molar-refractivity contribution >= 4 is 16.7 Å². The molecule has 1 N–H and O–H groups in total. The minimum absolute atomic E-state index is 0.138. The standard InChI is InChI=1S/C18H20N2O3/c1-18(11-19,12-22-2)20-17(21)9-14-6-4-5-13-7-8-15(23-3)10-16(13)14/h4-8,10H,9,12H2,1-3H3,(H,20,21)/t18-/m0/s1. The predicted molar refractivity (Wildman–Crippen MR) is 88.2 cm³/mol. The van der Waals surface area contributed by atoms with Gasteiger partial charge < -0.3 is 14.8 Å². The van der Waals surface area contributed by atoms with Crippen LogP contribution in [-0.2, 0) is 16.0 Å². The summed E-state index contributed by atoms with van der Waals surface area (Å²) in [5, 5.41) is 13.9. The van der Waals surface area contributed by atoms with Crippen molar-refractivity contribution in [1.82, 2.24) is 5.32 Å². The third-order valence-corrected chi connectivity index (χ3v) is 3.63. The maximum Gasteiger partial charge on any atom is 0.225 e. The van der Waals surface area contributed by atoms with Gasteiger partial charge in [0.15, 0.2) is 0 Å². The summed E-state index contributed by atoms with van der Waals surface area (Å²) in [6.07, 6.45) is 0.186. The van der Waals surface area contributed by atoms with Gasteiger partial charge in [-0.3, -0.25) is 4.79 Å². The van der Waals surface area contributed by atoms with Gasteiger partial charge in [-0.15, -0.1) is 0 Å². The van der Waals surface area contributed by atoms with Crippen molar-refractivity contribution in [3.63, 3.8) is 0 Å². The second kappa shape index (κ2) is 7.12. The maximum atomic E-state index is 12.3. The summed E-state index contributed by atoms with van der Waals surface area (Å²) in [5.41, 5.74) is -0.148. The minimum atomic E-state index is -1.03. The highest BCUT2D eigenvalue weighted by molar-refractivity contribution is 5.91. The van der Waals surface area contributed by atoms with Gasteiger partial charge >= 0.3 is 0 Å². The van der Waals surface area contributed by atoms with Crippen LogP contribution in [0.2, 0.25) is 0 Å². The third kappa shape index (κ3) is 3.99. The van der Waals surface area contributed by atoms with E-state index >= 15 is 0 Å². The molecule has 0 saturated heterocycles. The monoisotopic (exact) mass is 312 g/mol. The van der Waals surface area contributed by atoms with Gasteiger partial charge in [0.25, 0.3) is 0 Å². The smallest absolute Gasteiger partial charge is 0.225 e. The molecule has 0 bridgehead atoms. The Morgan fingerprint density at radius 1 is 1.30 bits per heavy atom. The normalized spacial score (nSPS) is 13.1. The Morgan fingerprint density at radius 3 is 2.74 bits per heavy atom. The van der Waals surface area contributed by atoms with Crippen molar-refractivity contribution in [2.24, 2.45) is 0 Å². The topological polar surface area (TPSA) is 71.3 Å². The van der Waals surface area contributed by atoms with Crippen LogP contribution >= 0.6 is 0 Å². The number of amides is 1. The molecule has 1 amide bonds. The lowest BCUT2D eigenvalue weighted by molar-refractivity contribution is -0.122. The zero-order chi connectivity index (χ0) is 16.9. The summed E-state index contributed by atoms with van der Waals surface area (Å²) in [6, 6.07) is 13.6. The van der Waals surface area contributed by atoms with Crippen molar-refractivity contribution in [1.29, 1.82) is 5.26 Å². The first-order chi connectivity index (χ1) is 11.0. The minimum Gasteiger partial charge on any atom is -0.497 e. The van der Waals surface area contributed by atoms with Crippen LogP contribution in [0.4, 0.5) is 0 Å². The number of carbonyl (C=O) groups excluding carboxylic acids is 1. The molecule has 0 aliphatic carbocycles. The van der Waals surface area contributed by atoms with E-state index in [1.165, 1.54) is 7.11 Å². The fraction of sp³-hybridized carbons (Fsp3) is 0.333. The number of fused-ring (bicyclic) bond motifs is 1. The number of methoxy groups -OCH3 is 2. The molecule has 0 aromatic heterocycles. The van der Waals surface area contributed by atoms with E-state index in [4.69, 9.17) is 9.47 Å². The molecule has 0 radical (unpaired) electrons. The van der Waals surface area contributed by atoms with Crippen molar-refractivity contribution < 1.29 is 14.3 Å². The van der Waals surface area contributed by atoms with E-state index in [-0.39, 0.29) is 18.9 Å². The highest BCUT2D eigenvalue weighted by atomic mass is 16.5. The number of nitriles is 1. The SMILES string of the molecule is COC[C@](C)(C#N)NC(=O)Cc1cccc2ccc(OC)cc12. The molecule has 2 rings (SSSR count). The van der Waals surface area contributed by atoms with Crippen molar-refractivity contribution in [2.45, 2.75) is 18.9 Å². The molecule has 0 aliphatic heterocycles.